The average molecular weight is 339 g/mol. The SMILES string of the molecule is COc1ccc(C(Br)C(Br)[N+](=O)[O-])cc1. The van der Waals surface area contributed by atoms with Gasteiger partial charge >= 0.3 is 0 Å². The van der Waals surface area contributed by atoms with Gasteiger partial charge in [-0.2, -0.15) is 0 Å². The monoisotopic (exact) mass is 337 g/mol. The lowest BCUT2D eigenvalue weighted by Crippen LogP contribution is -2.16. The van der Waals surface area contributed by atoms with Gasteiger partial charge in [0.25, 0.3) is 4.95 Å². The summed E-state index contributed by atoms with van der Waals surface area (Å²) in [7, 11) is 1.57. The highest BCUT2D eigenvalue weighted by molar-refractivity contribution is 9.12. The van der Waals surface area contributed by atoms with Crippen molar-refractivity contribution in [1.82, 2.24) is 0 Å². The third-order valence-corrected chi connectivity index (χ3v) is 4.48. The summed E-state index contributed by atoms with van der Waals surface area (Å²) in [5, 5.41) is 10.5. The molecule has 15 heavy (non-hydrogen) atoms. The Morgan fingerprint density at radius 3 is 2.27 bits per heavy atom. The molecule has 0 saturated carbocycles. The van der Waals surface area contributed by atoms with Gasteiger partial charge in [0.05, 0.1) is 7.11 Å². The van der Waals surface area contributed by atoms with Gasteiger partial charge in [-0.25, -0.2) is 0 Å². The minimum absolute atomic E-state index is 0.363. The molecule has 0 bridgehead atoms. The molecule has 0 heterocycles. The minimum atomic E-state index is -0.842. The van der Waals surface area contributed by atoms with E-state index in [9.17, 15) is 10.1 Å². The number of rotatable bonds is 4. The molecule has 0 aliphatic rings. The largest absolute Gasteiger partial charge is 0.497 e. The zero-order valence-electron chi connectivity index (χ0n) is 7.89. The van der Waals surface area contributed by atoms with Crippen molar-refractivity contribution >= 4 is 31.9 Å². The van der Waals surface area contributed by atoms with Gasteiger partial charge in [0.1, 0.15) is 10.6 Å². The molecule has 1 aromatic carbocycles. The molecule has 0 spiro atoms. The van der Waals surface area contributed by atoms with E-state index in [-0.39, 0.29) is 9.75 Å². The van der Waals surface area contributed by atoms with Crippen molar-refractivity contribution < 1.29 is 9.66 Å². The zero-order valence-corrected chi connectivity index (χ0v) is 11.1. The first kappa shape index (κ1) is 12.4. The first-order chi connectivity index (χ1) is 7.06. The highest BCUT2D eigenvalue weighted by Crippen LogP contribution is 2.32. The van der Waals surface area contributed by atoms with E-state index in [1.54, 1.807) is 31.4 Å². The number of ether oxygens (including phenoxy) is 1. The summed E-state index contributed by atoms with van der Waals surface area (Å²) in [6.45, 7) is 0. The van der Waals surface area contributed by atoms with Gasteiger partial charge in [0.15, 0.2) is 0 Å². The van der Waals surface area contributed by atoms with Crippen LogP contribution in [-0.4, -0.2) is 17.0 Å². The number of nitro groups is 1. The Bertz CT molecular complexity index is 342. The van der Waals surface area contributed by atoms with Crippen molar-refractivity contribution in [3.8, 4) is 5.75 Å². The summed E-state index contributed by atoms with van der Waals surface area (Å²) >= 11 is 6.27. The fraction of sp³-hybridized carbons (Fsp3) is 0.333. The van der Waals surface area contributed by atoms with Crippen LogP contribution in [0.4, 0.5) is 0 Å². The van der Waals surface area contributed by atoms with Crippen LogP contribution in [0.15, 0.2) is 24.3 Å². The second kappa shape index (κ2) is 5.46. The summed E-state index contributed by atoms with van der Waals surface area (Å²) in [4.78, 5) is 8.95. The van der Waals surface area contributed by atoms with Crippen LogP contribution in [0, 0.1) is 10.1 Å². The molecule has 0 fully saturated rings. The van der Waals surface area contributed by atoms with Gasteiger partial charge in [-0.15, -0.1) is 0 Å². The molecule has 0 amide bonds. The second-order valence-corrected chi connectivity index (χ2v) is 4.76. The van der Waals surface area contributed by atoms with E-state index >= 15 is 0 Å². The predicted octanol–water partition coefficient (Wildman–Crippen LogP) is 3.13. The van der Waals surface area contributed by atoms with E-state index in [4.69, 9.17) is 4.74 Å². The smallest absolute Gasteiger partial charge is 0.282 e. The molecule has 0 aromatic heterocycles. The molecule has 1 aromatic rings. The Kier molecular flexibility index (Phi) is 4.53. The van der Waals surface area contributed by atoms with Gasteiger partial charge < -0.3 is 4.74 Å². The van der Waals surface area contributed by atoms with E-state index in [0.29, 0.717) is 0 Å². The standard InChI is InChI=1S/C9H9Br2NO3/c1-15-7-4-2-6(3-5-7)8(10)9(11)12(13)14/h2-5,8-9H,1H3. The van der Waals surface area contributed by atoms with E-state index < -0.39 is 4.95 Å². The maximum atomic E-state index is 10.5. The Morgan fingerprint density at radius 1 is 1.33 bits per heavy atom. The Labute approximate surface area is 104 Å². The number of halogens is 2. The van der Waals surface area contributed by atoms with Crippen LogP contribution in [0.1, 0.15) is 10.4 Å². The van der Waals surface area contributed by atoms with Crippen LogP contribution in [0.3, 0.4) is 0 Å². The Morgan fingerprint density at radius 2 is 1.87 bits per heavy atom. The molecule has 82 valence electrons. The first-order valence-corrected chi connectivity index (χ1v) is 5.95. The Balaban J connectivity index is 2.82. The lowest BCUT2D eigenvalue weighted by molar-refractivity contribution is -0.492. The minimum Gasteiger partial charge on any atom is -0.497 e. The van der Waals surface area contributed by atoms with Gasteiger partial charge in [0.2, 0.25) is 0 Å². The van der Waals surface area contributed by atoms with Crippen molar-refractivity contribution in [2.75, 3.05) is 7.11 Å². The lowest BCUT2D eigenvalue weighted by Gasteiger charge is -2.10. The third-order valence-electron chi connectivity index (χ3n) is 1.88. The van der Waals surface area contributed by atoms with E-state index in [1.165, 1.54) is 0 Å². The molecule has 0 saturated heterocycles. The lowest BCUT2D eigenvalue weighted by atomic mass is 10.1. The van der Waals surface area contributed by atoms with Gasteiger partial charge in [-0.1, -0.05) is 28.1 Å². The summed E-state index contributed by atoms with van der Waals surface area (Å²) in [6, 6.07) is 7.11. The topological polar surface area (TPSA) is 52.4 Å². The van der Waals surface area contributed by atoms with Crippen molar-refractivity contribution in [3.63, 3.8) is 0 Å². The van der Waals surface area contributed by atoms with Crippen molar-refractivity contribution in [2.45, 2.75) is 9.78 Å². The van der Waals surface area contributed by atoms with E-state index in [0.717, 1.165) is 11.3 Å². The zero-order chi connectivity index (χ0) is 11.4. The van der Waals surface area contributed by atoms with Crippen molar-refractivity contribution in [1.29, 1.82) is 0 Å². The summed E-state index contributed by atoms with van der Waals surface area (Å²) in [6.07, 6.45) is 0. The second-order valence-electron chi connectivity index (χ2n) is 2.83. The Hall–Kier alpha value is -0.620. The molecular weight excluding hydrogens is 330 g/mol. The summed E-state index contributed by atoms with van der Waals surface area (Å²) in [5.41, 5.74) is 0.828. The molecule has 4 nitrogen and oxygen atoms in total. The molecule has 1 rings (SSSR count). The van der Waals surface area contributed by atoms with Crippen LogP contribution < -0.4 is 4.74 Å². The molecule has 6 heteroatoms. The maximum Gasteiger partial charge on any atom is 0.282 e. The van der Waals surface area contributed by atoms with Crippen LogP contribution >= 0.6 is 31.9 Å². The van der Waals surface area contributed by atoms with Gasteiger partial charge in [-0.05, 0) is 33.6 Å². The fourth-order valence-electron chi connectivity index (χ4n) is 1.05. The quantitative estimate of drug-likeness (QED) is 0.367. The molecule has 0 aliphatic carbocycles. The predicted molar refractivity (Wildman–Crippen MR) is 64.4 cm³/mol. The van der Waals surface area contributed by atoms with Crippen molar-refractivity contribution in [3.05, 3.63) is 39.9 Å². The molecule has 0 radical (unpaired) electrons. The highest BCUT2D eigenvalue weighted by atomic mass is 79.9. The number of hydrogen-bond acceptors (Lipinski definition) is 3. The third kappa shape index (κ3) is 3.17. The molecule has 2 atom stereocenters. The maximum absolute atomic E-state index is 10.5. The number of hydrogen-bond donors (Lipinski definition) is 0. The van der Waals surface area contributed by atoms with Gasteiger partial charge in [-0.3, -0.25) is 10.1 Å². The number of methoxy groups -OCH3 is 1. The normalized spacial score (nSPS) is 14.3. The van der Waals surface area contributed by atoms with E-state index in [2.05, 4.69) is 31.9 Å². The fourth-order valence-corrected chi connectivity index (χ4v) is 1.86. The van der Waals surface area contributed by atoms with Gasteiger partial charge in [0, 0.05) is 4.92 Å². The van der Waals surface area contributed by atoms with E-state index in [1.807, 2.05) is 0 Å². The summed E-state index contributed by atoms with van der Waals surface area (Å²) < 4.78 is 5.00. The van der Waals surface area contributed by atoms with Crippen molar-refractivity contribution in [2.24, 2.45) is 0 Å². The summed E-state index contributed by atoms with van der Waals surface area (Å²) in [5.74, 6) is 0.727. The number of nitrogens with zero attached hydrogens (tertiary/aromatic N) is 1. The average Bonchev–Trinajstić information content (AvgIpc) is 2.27. The molecular formula is C9H9Br2NO3. The first-order valence-electron chi connectivity index (χ1n) is 4.12. The van der Waals surface area contributed by atoms with Crippen LogP contribution in [0.5, 0.6) is 5.75 Å². The highest BCUT2D eigenvalue weighted by Gasteiger charge is 2.27. The molecule has 2 unspecified atom stereocenters. The van der Waals surface area contributed by atoms with Crippen LogP contribution in [0.2, 0.25) is 0 Å². The molecule has 0 aliphatic heterocycles. The number of alkyl halides is 2. The van der Waals surface area contributed by atoms with Crippen LogP contribution in [0.25, 0.3) is 0 Å². The number of benzene rings is 1. The van der Waals surface area contributed by atoms with Crippen LogP contribution in [-0.2, 0) is 0 Å². The molecule has 0 N–H and O–H groups in total.